The number of likely N-dealkylation sites (tertiary alicyclic amines) is 1. The Labute approximate surface area is 105 Å². The summed E-state index contributed by atoms with van der Waals surface area (Å²) in [6.45, 7) is 4.48. The first-order chi connectivity index (χ1) is 8.46. The molecule has 0 radical (unpaired) electrons. The van der Waals surface area contributed by atoms with Gasteiger partial charge in [0.2, 0.25) is 11.8 Å². The van der Waals surface area contributed by atoms with Crippen LogP contribution in [0.25, 0.3) is 0 Å². The van der Waals surface area contributed by atoms with Gasteiger partial charge in [-0.25, -0.2) is 0 Å². The fourth-order valence-corrected chi connectivity index (χ4v) is 2.93. The fraction of sp³-hybridized carbons (Fsp3) is 0.538. The number of piperidine rings is 1. The minimum Gasteiger partial charge on any atom is -0.463 e. The highest BCUT2D eigenvalue weighted by Gasteiger charge is 2.72. The van der Waals surface area contributed by atoms with Crippen molar-refractivity contribution in [1.82, 2.24) is 4.90 Å². The molecular formula is C13H16N2O3. The number of imide groups is 1. The van der Waals surface area contributed by atoms with Crippen molar-refractivity contribution in [1.29, 1.82) is 0 Å². The molecule has 0 aromatic carbocycles. The third kappa shape index (κ3) is 1.37. The molecule has 96 valence electrons. The van der Waals surface area contributed by atoms with Gasteiger partial charge in [-0.05, 0) is 17.5 Å². The zero-order valence-corrected chi connectivity index (χ0v) is 10.5. The van der Waals surface area contributed by atoms with E-state index in [1.54, 1.807) is 12.1 Å². The molecule has 0 spiro atoms. The number of nitrogens with zero attached hydrogens (tertiary/aromatic N) is 1. The van der Waals surface area contributed by atoms with Crippen LogP contribution in [0.4, 0.5) is 0 Å². The van der Waals surface area contributed by atoms with Crippen molar-refractivity contribution in [2.75, 3.05) is 0 Å². The van der Waals surface area contributed by atoms with Crippen LogP contribution in [0.5, 0.6) is 0 Å². The number of amides is 2. The summed E-state index contributed by atoms with van der Waals surface area (Å²) in [5.74, 6) is 0.870. The molecule has 2 amide bonds. The van der Waals surface area contributed by atoms with Gasteiger partial charge in [0.15, 0.2) is 0 Å². The third-order valence-electron chi connectivity index (χ3n) is 4.12. The van der Waals surface area contributed by atoms with Crippen LogP contribution in [0.3, 0.4) is 0 Å². The molecule has 1 aliphatic heterocycles. The van der Waals surface area contributed by atoms with Gasteiger partial charge in [0.05, 0.1) is 24.9 Å². The smallest absolute Gasteiger partial charge is 0.234 e. The van der Waals surface area contributed by atoms with Gasteiger partial charge < -0.3 is 10.2 Å². The highest BCUT2D eigenvalue weighted by molar-refractivity contribution is 6.10. The van der Waals surface area contributed by atoms with Crippen molar-refractivity contribution in [3.8, 4) is 0 Å². The van der Waals surface area contributed by atoms with Gasteiger partial charge in [-0.3, -0.25) is 14.5 Å². The standard InChI is InChI=1S/C13H16N2O3/c1-13(2)9-10(13)12(17)15(11(9)16)6-8-4-3-7(5-14)18-8/h3-4,9-10H,5-6,14H2,1-2H3. The Morgan fingerprint density at radius 3 is 2.28 bits per heavy atom. The SMILES string of the molecule is CC1(C)C2C(=O)N(Cc3ccc(CN)o3)C(=O)C21. The summed E-state index contributed by atoms with van der Waals surface area (Å²) in [5, 5.41) is 0. The average molecular weight is 248 g/mol. The lowest BCUT2D eigenvalue weighted by molar-refractivity contribution is -0.144. The normalized spacial score (nSPS) is 28.7. The van der Waals surface area contributed by atoms with Crippen molar-refractivity contribution in [2.45, 2.75) is 26.9 Å². The maximum atomic E-state index is 12.1. The molecule has 5 nitrogen and oxygen atoms in total. The van der Waals surface area contributed by atoms with Gasteiger partial charge in [0, 0.05) is 0 Å². The number of furan rings is 1. The van der Waals surface area contributed by atoms with E-state index in [-0.39, 0.29) is 35.6 Å². The number of carbonyl (C=O) groups excluding carboxylic acids is 2. The Morgan fingerprint density at radius 1 is 1.22 bits per heavy atom. The van der Waals surface area contributed by atoms with Crippen LogP contribution >= 0.6 is 0 Å². The van der Waals surface area contributed by atoms with Crippen LogP contribution in [-0.2, 0) is 22.7 Å². The van der Waals surface area contributed by atoms with Crippen molar-refractivity contribution in [3.05, 3.63) is 23.7 Å². The summed E-state index contributed by atoms with van der Waals surface area (Å²) < 4.78 is 5.42. The summed E-state index contributed by atoms with van der Waals surface area (Å²) in [6, 6.07) is 3.53. The molecule has 2 unspecified atom stereocenters. The molecule has 5 heteroatoms. The zero-order chi connectivity index (χ0) is 13.1. The lowest BCUT2D eigenvalue weighted by Crippen LogP contribution is -2.35. The van der Waals surface area contributed by atoms with Gasteiger partial charge >= 0.3 is 0 Å². The number of fused-ring (bicyclic) bond motifs is 1. The molecule has 2 aliphatic rings. The fourth-order valence-electron chi connectivity index (χ4n) is 2.93. The minimum absolute atomic E-state index is 0.0688. The number of nitrogens with two attached hydrogens (primary N) is 1. The largest absolute Gasteiger partial charge is 0.463 e. The summed E-state index contributed by atoms with van der Waals surface area (Å²) >= 11 is 0. The molecule has 1 saturated heterocycles. The van der Waals surface area contributed by atoms with Gasteiger partial charge in [0.1, 0.15) is 11.5 Å². The van der Waals surface area contributed by atoms with Gasteiger partial charge in [-0.15, -0.1) is 0 Å². The number of hydrogen-bond donors (Lipinski definition) is 1. The molecule has 1 saturated carbocycles. The predicted molar refractivity (Wildman–Crippen MR) is 62.9 cm³/mol. The average Bonchev–Trinajstić information content (AvgIpc) is 2.66. The molecule has 2 fully saturated rings. The summed E-state index contributed by atoms with van der Waals surface area (Å²) in [6.07, 6.45) is 0. The Balaban J connectivity index is 1.76. The lowest BCUT2D eigenvalue weighted by atomic mass is 10.1. The Bertz CT molecular complexity index is 508. The van der Waals surface area contributed by atoms with Gasteiger partial charge in [-0.2, -0.15) is 0 Å². The predicted octanol–water partition coefficient (Wildman–Crippen LogP) is 0.879. The number of carbonyl (C=O) groups is 2. The van der Waals surface area contributed by atoms with Crippen LogP contribution in [0.2, 0.25) is 0 Å². The maximum Gasteiger partial charge on any atom is 0.234 e. The van der Waals surface area contributed by atoms with E-state index in [1.807, 2.05) is 13.8 Å². The van der Waals surface area contributed by atoms with Crippen LogP contribution in [-0.4, -0.2) is 16.7 Å². The third-order valence-corrected chi connectivity index (χ3v) is 4.12. The molecule has 1 aromatic rings. The van der Waals surface area contributed by atoms with Crippen LogP contribution < -0.4 is 5.73 Å². The zero-order valence-electron chi connectivity index (χ0n) is 10.5. The molecule has 2 heterocycles. The first-order valence-corrected chi connectivity index (χ1v) is 6.09. The number of rotatable bonds is 3. The van der Waals surface area contributed by atoms with E-state index in [9.17, 15) is 9.59 Å². The monoisotopic (exact) mass is 248 g/mol. The maximum absolute atomic E-state index is 12.1. The Kier molecular flexibility index (Phi) is 2.20. The molecular weight excluding hydrogens is 232 g/mol. The minimum atomic E-state index is -0.156. The van der Waals surface area contributed by atoms with Gasteiger partial charge in [0.25, 0.3) is 0 Å². The topological polar surface area (TPSA) is 76.5 Å². The molecule has 2 N–H and O–H groups in total. The second-order valence-electron chi connectivity index (χ2n) is 5.61. The second-order valence-corrected chi connectivity index (χ2v) is 5.61. The molecule has 1 aliphatic carbocycles. The van der Waals surface area contributed by atoms with E-state index in [0.717, 1.165) is 0 Å². The summed E-state index contributed by atoms with van der Waals surface area (Å²) in [7, 11) is 0. The highest BCUT2D eigenvalue weighted by atomic mass is 16.3. The van der Waals surface area contributed by atoms with E-state index in [0.29, 0.717) is 18.1 Å². The Morgan fingerprint density at radius 2 is 1.78 bits per heavy atom. The van der Waals surface area contributed by atoms with Crippen LogP contribution in [0.1, 0.15) is 25.4 Å². The van der Waals surface area contributed by atoms with Gasteiger partial charge in [-0.1, -0.05) is 13.8 Å². The van der Waals surface area contributed by atoms with Crippen molar-refractivity contribution in [3.63, 3.8) is 0 Å². The molecule has 2 atom stereocenters. The molecule has 0 bridgehead atoms. The van der Waals surface area contributed by atoms with Crippen LogP contribution in [0.15, 0.2) is 16.5 Å². The number of hydrogen-bond acceptors (Lipinski definition) is 4. The van der Waals surface area contributed by atoms with Crippen molar-refractivity contribution >= 4 is 11.8 Å². The van der Waals surface area contributed by atoms with E-state index < -0.39 is 0 Å². The van der Waals surface area contributed by atoms with E-state index >= 15 is 0 Å². The van der Waals surface area contributed by atoms with Crippen molar-refractivity contribution < 1.29 is 14.0 Å². The van der Waals surface area contributed by atoms with Crippen LogP contribution in [0, 0.1) is 17.3 Å². The van der Waals surface area contributed by atoms with E-state index in [4.69, 9.17) is 10.2 Å². The second kappa shape index (κ2) is 3.45. The first-order valence-electron chi connectivity index (χ1n) is 6.09. The molecule has 3 rings (SSSR count). The highest BCUT2D eigenvalue weighted by Crippen LogP contribution is 2.63. The van der Waals surface area contributed by atoms with E-state index in [1.165, 1.54) is 4.90 Å². The lowest BCUT2D eigenvalue weighted by Gasteiger charge is -2.19. The van der Waals surface area contributed by atoms with Crippen molar-refractivity contribution in [2.24, 2.45) is 23.0 Å². The quantitative estimate of drug-likeness (QED) is 0.805. The molecule has 18 heavy (non-hydrogen) atoms. The van der Waals surface area contributed by atoms with E-state index in [2.05, 4.69) is 0 Å². The first kappa shape index (κ1) is 11.5. The Hall–Kier alpha value is -1.62. The summed E-state index contributed by atoms with van der Waals surface area (Å²) in [5.41, 5.74) is 5.29. The summed E-state index contributed by atoms with van der Waals surface area (Å²) in [4.78, 5) is 25.5. The molecule has 1 aromatic heterocycles.